The van der Waals surface area contributed by atoms with Gasteiger partial charge in [-0.25, -0.2) is 4.39 Å². The van der Waals surface area contributed by atoms with Crippen LogP contribution in [0.15, 0.2) is 12.1 Å². The van der Waals surface area contributed by atoms with E-state index in [9.17, 15) is 4.39 Å². The van der Waals surface area contributed by atoms with E-state index < -0.39 is 0 Å². The van der Waals surface area contributed by atoms with E-state index in [0.717, 1.165) is 31.7 Å². The van der Waals surface area contributed by atoms with Crippen LogP contribution in [0.4, 0.5) is 4.39 Å². The van der Waals surface area contributed by atoms with E-state index in [-0.39, 0.29) is 36.7 Å². The van der Waals surface area contributed by atoms with Crippen molar-refractivity contribution in [1.82, 2.24) is 10.2 Å². The predicted molar refractivity (Wildman–Crippen MR) is 93.9 cm³/mol. The first-order valence-electron chi connectivity index (χ1n) is 7.60. The number of halogens is 3. The summed E-state index contributed by atoms with van der Waals surface area (Å²) < 4.78 is 25.1. The largest absolute Gasteiger partial charge is 0.493 e. The van der Waals surface area contributed by atoms with Crippen LogP contribution in [0.25, 0.3) is 0 Å². The lowest BCUT2D eigenvalue weighted by Gasteiger charge is -2.35. The Kier molecular flexibility index (Phi) is 7.87. The fraction of sp³-hybridized carbons (Fsp3) is 0.625. The molecule has 1 aromatic carbocycles. The fourth-order valence-electron chi connectivity index (χ4n) is 3.22. The Labute approximate surface area is 149 Å². The molecule has 2 fully saturated rings. The smallest absolute Gasteiger partial charge is 0.163 e. The molecule has 0 bridgehead atoms. The highest BCUT2D eigenvalue weighted by Crippen LogP contribution is 2.47. The highest BCUT2D eigenvalue weighted by atomic mass is 35.5. The molecule has 1 aliphatic carbocycles. The zero-order valence-corrected chi connectivity index (χ0v) is 15.1. The second-order valence-electron chi connectivity index (χ2n) is 5.80. The summed E-state index contributed by atoms with van der Waals surface area (Å²) in [6, 6.07) is 3.43. The summed E-state index contributed by atoms with van der Waals surface area (Å²) in [6.45, 7) is 3.88. The normalized spacial score (nSPS) is 19.3. The van der Waals surface area contributed by atoms with Crippen molar-refractivity contribution >= 4 is 24.8 Å². The van der Waals surface area contributed by atoms with Crippen molar-refractivity contribution in [3.05, 3.63) is 23.5 Å². The first-order chi connectivity index (χ1) is 10.2. The standard InChI is InChI=1S/C16H23FN2O2.2ClH/c1-20-14-9-12(13(17)10-15(14)21-2)16(11-3-4-11)19-7-5-18-6-8-19;;/h9-11,16,18H,3-8H2,1-2H3;2*1H/t16-;;/m1../s1. The molecule has 1 atom stereocenters. The van der Waals surface area contributed by atoms with E-state index in [0.29, 0.717) is 17.4 Å². The number of nitrogens with zero attached hydrogens (tertiary/aromatic N) is 1. The van der Waals surface area contributed by atoms with Gasteiger partial charge in [-0.05, 0) is 24.8 Å². The van der Waals surface area contributed by atoms with Crippen LogP contribution >= 0.6 is 24.8 Å². The van der Waals surface area contributed by atoms with Gasteiger partial charge in [-0.2, -0.15) is 0 Å². The molecule has 1 heterocycles. The Morgan fingerprint density at radius 3 is 2.17 bits per heavy atom. The van der Waals surface area contributed by atoms with Gasteiger partial charge in [-0.15, -0.1) is 24.8 Å². The van der Waals surface area contributed by atoms with Crippen molar-refractivity contribution in [3.8, 4) is 11.5 Å². The number of hydrogen-bond acceptors (Lipinski definition) is 4. The predicted octanol–water partition coefficient (Wildman–Crippen LogP) is 3.04. The fourth-order valence-corrected chi connectivity index (χ4v) is 3.22. The third-order valence-electron chi connectivity index (χ3n) is 4.44. The molecule has 1 aromatic rings. The molecule has 0 aromatic heterocycles. The lowest BCUT2D eigenvalue weighted by molar-refractivity contribution is 0.152. The van der Waals surface area contributed by atoms with Gasteiger partial charge in [-0.3, -0.25) is 4.90 Å². The van der Waals surface area contributed by atoms with Gasteiger partial charge >= 0.3 is 0 Å². The Morgan fingerprint density at radius 1 is 1.09 bits per heavy atom. The van der Waals surface area contributed by atoms with Crippen molar-refractivity contribution in [3.63, 3.8) is 0 Å². The van der Waals surface area contributed by atoms with Crippen LogP contribution in [0.2, 0.25) is 0 Å². The zero-order chi connectivity index (χ0) is 14.8. The summed E-state index contributed by atoms with van der Waals surface area (Å²) in [6.07, 6.45) is 2.37. The van der Waals surface area contributed by atoms with Crippen LogP contribution in [0.1, 0.15) is 24.4 Å². The van der Waals surface area contributed by atoms with Gasteiger partial charge in [-0.1, -0.05) is 0 Å². The minimum absolute atomic E-state index is 0. The number of rotatable bonds is 5. The lowest BCUT2D eigenvalue weighted by atomic mass is 9.98. The number of nitrogens with one attached hydrogen (secondary N) is 1. The maximum absolute atomic E-state index is 14.6. The van der Waals surface area contributed by atoms with Crippen LogP contribution in [-0.2, 0) is 0 Å². The van der Waals surface area contributed by atoms with Crippen molar-refractivity contribution in [2.24, 2.45) is 5.92 Å². The number of benzene rings is 1. The Balaban J connectivity index is 0.00000132. The zero-order valence-electron chi connectivity index (χ0n) is 13.5. The molecule has 132 valence electrons. The number of piperazine rings is 1. The van der Waals surface area contributed by atoms with Gasteiger partial charge in [0, 0.05) is 43.9 Å². The first-order valence-corrected chi connectivity index (χ1v) is 7.60. The molecule has 23 heavy (non-hydrogen) atoms. The molecular weight excluding hydrogens is 342 g/mol. The van der Waals surface area contributed by atoms with Crippen LogP contribution in [0.3, 0.4) is 0 Å². The first kappa shape index (κ1) is 20.3. The van der Waals surface area contributed by atoms with Gasteiger partial charge in [0.15, 0.2) is 11.5 Å². The number of methoxy groups -OCH3 is 2. The van der Waals surface area contributed by atoms with Crippen molar-refractivity contribution < 1.29 is 13.9 Å². The molecule has 2 aliphatic rings. The number of ether oxygens (including phenoxy) is 2. The van der Waals surface area contributed by atoms with Gasteiger partial charge in [0.05, 0.1) is 14.2 Å². The summed E-state index contributed by atoms with van der Waals surface area (Å²) in [5, 5.41) is 3.36. The third kappa shape index (κ3) is 4.41. The van der Waals surface area contributed by atoms with Crippen molar-refractivity contribution in [1.29, 1.82) is 0 Å². The van der Waals surface area contributed by atoms with Crippen molar-refractivity contribution in [2.75, 3.05) is 40.4 Å². The Bertz CT molecular complexity index is 509. The molecule has 1 N–H and O–H groups in total. The van der Waals surface area contributed by atoms with Crippen molar-refractivity contribution in [2.45, 2.75) is 18.9 Å². The van der Waals surface area contributed by atoms with E-state index in [2.05, 4.69) is 10.2 Å². The maximum atomic E-state index is 14.6. The monoisotopic (exact) mass is 366 g/mol. The number of hydrogen-bond donors (Lipinski definition) is 1. The third-order valence-corrected chi connectivity index (χ3v) is 4.44. The molecule has 0 unspecified atom stereocenters. The maximum Gasteiger partial charge on any atom is 0.163 e. The lowest BCUT2D eigenvalue weighted by Crippen LogP contribution is -2.45. The van der Waals surface area contributed by atoms with Gasteiger partial charge < -0.3 is 14.8 Å². The summed E-state index contributed by atoms with van der Waals surface area (Å²) in [5.74, 6) is 1.43. The van der Waals surface area contributed by atoms with Gasteiger partial charge in [0.25, 0.3) is 0 Å². The minimum Gasteiger partial charge on any atom is -0.493 e. The Morgan fingerprint density at radius 2 is 1.65 bits per heavy atom. The second kappa shape index (κ2) is 8.92. The molecule has 1 aliphatic heterocycles. The van der Waals surface area contributed by atoms with Gasteiger partial charge in [0.1, 0.15) is 5.82 Å². The highest BCUT2D eigenvalue weighted by Gasteiger charge is 2.38. The summed E-state index contributed by atoms with van der Waals surface area (Å²) in [7, 11) is 3.13. The van der Waals surface area contributed by atoms with Crippen LogP contribution in [0.5, 0.6) is 11.5 Å². The molecule has 0 spiro atoms. The SMILES string of the molecule is COc1cc(F)c([C@@H](C2CC2)N2CCNCC2)cc1OC.Cl.Cl. The molecule has 7 heteroatoms. The van der Waals surface area contributed by atoms with Gasteiger partial charge in [0.2, 0.25) is 0 Å². The molecular formula is C16H25Cl2FN2O2. The van der Waals surface area contributed by atoms with E-state index in [1.807, 2.05) is 6.07 Å². The minimum atomic E-state index is -0.192. The molecule has 0 amide bonds. The second-order valence-corrected chi connectivity index (χ2v) is 5.80. The molecule has 0 radical (unpaired) electrons. The van der Waals surface area contributed by atoms with E-state index in [1.54, 1.807) is 7.11 Å². The average Bonchev–Trinajstić information content (AvgIpc) is 3.34. The van der Waals surface area contributed by atoms with Crippen LogP contribution in [0, 0.1) is 11.7 Å². The van der Waals surface area contributed by atoms with E-state index in [4.69, 9.17) is 9.47 Å². The Hall–Kier alpha value is -0.750. The summed E-state index contributed by atoms with van der Waals surface area (Å²) in [4.78, 5) is 2.40. The molecule has 4 nitrogen and oxygen atoms in total. The average molecular weight is 367 g/mol. The van der Waals surface area contributed by atoms with Crippen LogP contribution < -0.4 is 14.8 Å². The summed E-state index contributed by atoms with van der Waals surface area (Å²) in [5.41, 5.74) is 0.747. The molecule has 3 rings (SSSR count). The van der Waals surface area contributed by atoms with Crippen LogP contribution in [-0.4, -0.2) is 45.3 Å². The summed E-state index contributed by atoms with van der Waals surface area (Å²) >= 11 is 0. The quantitative estimate of drug-likeness (QED) is 0.868. The topological polar surface area (TPSA) is 33.7 Å². The van der Waals surface area contributed by atoms with E-state index >= 15 is 0 Å². The highest BCUT2D eigenvalue weighted by molar-refractivity contribution is 5.85. The molecule has 1 saturated carbocycles. The van der Waals surface area contributed by atoms with E-state index in [1.165, 1.54) is 26.0 Å². The molecule has 1 saturated heterocycles.